The molecule has 63 heavy (non-hydrogen) atoms. The fourth-order valence-electron chi connectivity index (χ4n) is 10.1. The summed E-state index contributed by atoms with van der Waals surface area (Å²) in [6.45, 7) is 4.69. The van der Waals surface area contributed by atoms with E-state index in [1.807, 2.05) is 0 Å². The van der Waals surface area contributed by atoms with E-state index in [1.54, 1.807) is 0 Å². The summed E-state index contributed by atoms with van der Waals surface area (Å²) < 4.78 is 0. The van der Waals surface area contributed by atoms with Gasteiger partial charge in [-0.3, -0.25) is 0 Å². The normalized spacial score (nSPS) is 12.7. The maximum Gasteiger partial charge on any atom is 0.160 e. The van der Waals surface area contributed by atoms with Crippen LogP contribution in [0.2, 0.25) is 0 Å². The van der Waals surface area contributed by atoms with E-state index >= 15 is 0 Å². The van der Waals surface area contributed by atoms with E-state index in [4.69, 9.17) is 9.97 Å². The monoisotopic (exact) mass is 802 g/mol. The predicted molar refractivity (Wildman–Crippen MR) is 265 cm³/mol. The van der Waals surface area contributed by atoms with Gasteiger partial charge >= 0.3 is 0 Å². The smallest absolute Gasteiger partial charge is 0.160 e. The van der Waals surface area contributed by atoms with E-state index in [2.05, 4.69) is 232 Å². The van der Waals surface area contributed by atoms with Gasteiger partial charge in [0.05, 0.1) is 11.4 Å². The van der Waals surface area contributed by atoms with Gasteiger partial charge in [-0.05, 0) is 112 Å². The molecule has 0 N–H and O–H groups in total. The maximum absolute atomic E-state index is 5.42. The van der Waals surface area contributed by atoms with Crippen molar-refractivity contribution in [3.63, 3.8) is 0 Å². The summed E-state index contributed by atoms with van der Waals surface area (Å²) in [5, 5.41) is 7.49. The lowest BCUT2D eigenvalue weighted by Gasteiger charge is -2.22. The number of hydrogen-bond acceptors (Lipinski definition) is 2. The molecule has 0 bridgehead atoms. The van der Waals surface area contributed by atoms with E-state index in [0.29, 0.717) is 5.82 Å². The molecule has 11 aromatic rings. The lowest BCUT2D eigenvalue weighted by molar-refractivity contribution is 0.660. The van der Waals surface area contributed by atoms with Crippen molar-refractivity contribution in [2.45, 2.75) is 19.3 Å². The molecule has 2 heteroatoms. The standard InChI is InChI=1S/C61H42N2/c1-61(2)55-26-13-12-24-50(55)51-33-32-45(37-56(51)61)48-22-10-11-25-52(48)58-38-57(46-20-14-19-43(35-46)39-15-4-3-5-16-39)62-60(63-58)42-29-27-41(28-30-42)59-49-23-9-7-18-44(49)36-54-47-21-8-6-17-40(47)31-34-53(54)59/h3-38H,1-2H3. The van der Waals surface area contributed by atoms with Crippen molar-refractivity contribution >= 4 is 32.3 Å². The fourth-order valence-corrected chi connectivity index (χ4v) is 10.1. The first kappa shape index (κ1) is 36.9. The summed E-state index contributed by atoms with van der Waals surface area (Å²) in [5.74, 6) is 0.688. The van der Waals surface area contributed by atoms with Crippen LogP contribution in [-0.4, -0.2) is 9.97 Å². The van der Waals surface area contributed by atoms with Crippen LogP contribution in [0.1, 0.15) is 25.0 Å². The van der Waals surface area contributed by atoms with Crippen LogP contribution in [0.5, 0.6) is 0 Å². The average molecular weight is 803 g/mol. The van der Waals surface area contributed by atoms with Crippen molar-refractivity contribution in [2.24, 2.45) is 0 Å². The van der Waals surface area contributed by atoms with Gasteiger partial charge in [-0.15, -0.1) is 0 Å². The molecule has 0 aliphatic heterocycles. The molecule has 296 valence electrons. The van der Waals surface area contributed by atoms with Gasteiger partial charge in [-0.1, -0.05) is 208 Å². The minimum absolute atomic E-state index is 0.103. The Kier molecular flexibility index (Phi) is 8.55. The molecule has 12 rings (SSSR count). The van der Waals surface area contributed by atoms with E-state index < -0.39 is 0 Å². The topological polar surface area (TPSA) is 25.8 Å². The minimum atomic E-state index is -0.103. The Labute approximate surface area is 367 Å². The second-order valence-electron chi connectivity index (χ2n) is 17.3. The van der Waals surface area contributed by atoms with Crippen LogP contribution in [0.15, 0.2) is 218 Å². The second-order valence-corrected chi connectivity index (χ2v) is 17.3. The molecule has 0 fully saturated rings. The van der Waals surface area contributed by atoms with Crippen molar-refractivity contribution in [3.8, 4) is 78.4 Å². The molecule has 0 radical (unpaired) electrons. The summed E-state index contributed by atoms with van der Waals surface area (Å²) in [4.78, 5) is 10.8. The number of hydrogen-bond donors (Lipinski definition) is 0. The van der Waals surface area contributed by atoms with Gasteiger partial charge in [0.1, 0.15) is 0 Å². The van der Waals surface area contributed by atoms with Crippen LogP contribution in [-0.2, 0) is 5.41 Å². The zero-order chi connectivity index (χ0) is 42.1. The van der Waals surface area contributed by atoms with Gasteiger partial charge in [0.2, 0.25) is 0 Å². The molecular formula is C61H42N2. The largest absolute Gasteiger partial charge is 0.228 e. The molecule has 1 aliphatic carbocycles. The minimum Gasteiger partial charge on any atom is -0.228 e. The quantitative estimate of drug-likeness (QED) is 0.124. The van der Waals surface area contributed by atoms with E-state index in [-0.39, 0.29) is 5.41 Å². The van der Waals surface area contributed by atoms with Crippen molar-refractivity contribution in [3.05, 3.63) is 230 Å². The highest BCUT2D eigenvalue weighted by atomic mass is 14.9. The van der Waals surface area contributed by atoms with E-state index in [0.717, 1.165) is 44.8 Å². The molecule has 0 atom stereocenters. The molecule has 2 nitrogen and oxygen atoms in total. The highest BCUT2D eigenvalue weighted by Crippen LogP contribution is 2.50. The predicted octanol–water partition coefficient (Wildman–Crippen LogP) is 16.2. The van der Waals surface area contributed by atoms with Crippen molar-refractivity contribution in [1.82, 2.24) is 9.97 Å². The molecule has 0 saturated heterocycles. The molecule has 0 saturated carbocycles. The fraction of sp³-hybridized carbons (Fsp3) is 0.0492. The second kappa shape index (κ2) is 14.6. The third-order valence-corrected chi connectivity index (χ3v) is 13.3. The third-order valence-electron chi connectivity index (χ3n) is 13.3. The number of fused-ring (bicyclic) bond motifs is 7. The number of nitrogens with zero attached hydrogens (tertiary/aromatic N) is 2. The summed E-state index contributed by atoms with van der Waals surface area (Å²) in [6, 6.07) is 79.1. The molecule has 1 aliphatic rings. The first-order valence-electron chi connectivity index (χ1n) is 21.8. The Hall–Kier alpha value is -7.94. The Bertz CT molecular complexity index is 3580. The number of rotatable bonds is 6. The Morgan fingerprint density at radius 3 is 1.76 bits per heavy atom. The van der Waals surface area contributed by atoms with E-state index in [9.17, 15) is 0 Å². The molecule has 1 aromatic heterocycles. The summed E-state index contributed by atoms with van der Waals surface area (Å²) in [5.41, 5.74) is 17.2. The Balaban J connectivity index is 1.02. The van der Waals surface area contributed by atoms with Gasteiger partial charge in [-0.25, -0.2) is 9.97 Å². The number of aromatic nitrogens is 2. The van der Waals surface area contributed by atoms with Gasteiger partial charge in [0.15, 0.2) is 5.82 Å². The van der Waals surface area contributed by atoms with Crippen LogP contribution in [0, 0.1) is 0 Å². The lowest BCUT2D eigenvalue weighted by Crippen LogP contribution is -2.14. The summed E-state index contributed by atoms with van der Waals surface area (Å²) in [6.07, 6.45) is 0. The molecule has 0 unspecified atom stereocenters. The summed E-state index contributed by atoms with van der Waals surface area (Å²) >= 11 is 0. The van der Waals surface area contributed by atoms with Gasteiger partial charge in [-0.2, -0.15) is 0 Å². The van der Waals surface area contributed by atoms with Crippen LogP contribution in [0.3, 0.4) is 0 Å². The van der Waals surface area contributed by atoms with Gasteiger partial charge in [0, 0.05) is 22.1 Å². The average Bonchev–Trinajstić information content (AvgIpc) is 3.58. The van der Waals surface area contributed by atoms with Crippen LogP contribution in [0.4, 0.5) is 0 Å². The molecule has 0 spiro atoms. The Morgan fingerprint density at radius 2 is 0.921 bits per heavy atom. The molecular weight excluding hydrogens is 761 g/mol. The zero-order valence-corrected chi connectivity index (χ0v) is 35.2. The van der Waals surface area contributed by atoms with E-state index in [1.165, 1.54) is 71.3 Å². The van der Waals surface area contributed by atoms with Crippen molar-refractivity contribution in [1.29, 1.82) is 0 Å². The SMILES string of the molecule is CC1(C)c2ccccc2-c2ccc(-c3ccccc3-c3cc(-c4cccc(-c5ccccc5)c4)nc(-c4ccc(-c5c6ccccc6cc6c5ccc5ccccc56)cc4)n3)cc21. The van der Waals surface area contributed by atoms with Crippen LogP contribution in [0.25, 0.3) is 111 Å². The third kappa shape index (κ3) is 6.17. The highest BCUT2D eigenvalue weighted by molar-refractivity contribution is 6.20. The number of benzene rings is 10. The van der Waals surface area contributed by atoms with Crippen LogP contribution < -0.4 is 0 Å². The highest BCUT2D eigenvalue weighted by Gasteiger charge is 2.35. The van der Waals surface area contributed by atoms with Gasteiger partial charge in [0.25, 0.3) is 0 Å². The van der Waals surface area contributed by atoms with Crippen LogP contribution >= 0.6 is 0 Å². The van der Waals surface area contributed by atoms with Crippen molar-refractivity contribution < 1.29 is 0 Å². The summed E-state index contributed by atoms with van der Waals surface area (Å²) in [7, 11) is 0. The van der Waals surface area contributed by atoms with Crippen molar-refractivity contribution in [2.75, 3.05) is 0 Å². The first-order valence-corrected chi connectivity index (χ1v) is 21.8. The zero-order valence-electron chi connectivity index (χ0n) is 35.2. The maximum atomic E-state index is 5.42. The lowest BCUT2D eigenvalue weighted by atomic mass is 9.81. The van der Waals surface area contributed by atoms with Gasteiger partial charge < -0.3 is 0 Å². The Morgan fingerprint density at radius 1 is 0.302 bits per heavy atom. The molecule has 1 heterocycles. The first-order chi connectivity index (χ1) is 31.0. The molecule has 0 amide bonds. The molecule has 10 aromatic carbocycles.